The van der Waals surface area contributed by atoms with E-state index in [4.69, 9.17) is 0 Å². The molecule has 1 aromatic rings. The molecule has 1 amide bonds. The second-order valence-corrected chi connectivity index (χ2v) is 3.78. The van der Waals surface area contributed by atoms with Crippen LogP contribution < -0.4 is 5.32 Å². The van der Waals surface area contributed by atoms with Crippen LogP contribution >= 0.6 is 0 Å². The summed E-state index contributed by atoms with van der Waals surface area (Å²) in [4.78, 5) is 11.5. The van der Waals surface area contributed by atoms with Gasteiger partial charge in [-0.05, 0) is 19.3 Å². The molecule has 0 radical (unpaired) electrons. The van der Waals surface area contributed by atoms with Crippen LogP contribution in [0.25, 0.3) is 0 Å². The molecular weight excluding hydrogens is 180 g/mol. The number of nitrogens with one attached hydrogen (secondary N) is 1. The fourth-order valence-corrected chi connectivity index (χ4v) is 1.06. The van der Waals surface area contributed by atoms with Crippen LogP contribution in [-0.2, 0) is 0 Å². The van der Waals surface area contributed by atoms with Crippen molar-refractivity contribution >= 4 is 5.91 Å². The molecule has 0 aliphatic heterocycles. The van der Waals surface area contributed by atoms with Crippen LogP contribution in [-0.4, -0.2) is 17.6 Å². The van der Waals surface area contributed by atoms with Gasteiger partial charge < -0.3 is 9.84 Å². The molecule has 4 nitrogen and oxygen atoms in total. The molecule has 1 rings (SSSR count). The van der Waals surface area contributed by atoms with Crippen molar-refractivity contribution in [2.24, 2.45) is 5.92 Å². The van der Waals surface area contributed by atoms with E-state index in [0.29, 0.717) is 18.2 Å². The molecule has 0 bridgehead atoms. The van der Waals surface area contributed by atoms with Gasteiger partial charge in [-0.2, -0.15) is 0 Å². The summed E-state index contributed by atoms with van der Waals surface area (Å²) in [6.45, 7) is 6.72. The molecule has 1 N–H and O–H groups in total. The zero-order valence-corrected chi connectivity index (χ0v) is 8.83. The Balaban J connectivity index is 2.40. The number of carbonyl (C=O) groups excluding carboxylic acids is 1. The Bertz CT molecular complexity index is 305. The van der Waals surface area contributed by atoms with Gasteiger partial charge in [0.05, 0.1) is 0 Å². The number of aryl methyl sites for hydroxylation is 1. The average Bonchev–Trinajstić information content (AvgIpc) is 2.50. The highest BCUT2D eigenvalue weighted by atomic mass is 16.5. The first-order valence-electron chi connectivity index (χ1n) is 4.80. The van der Waals surface area contributed by atoms with E-state index in [9.17, 15) is 4.79 Å². The van der Waals surface area contributed by atoms with Crippen LogP contribution in [0.5, 0.6) is 0 Å². The van der Waals surface area contributed by atoms with Gasteiger partial charge in [0.1, 0.15) is 6.26 Å². The summed E-state index contributed by atoms with van der Waals surface area (Å²) in [5, 5.41) is 6.42. The molecule has 0 spiro atoms. The third kappa shape index (κ3) is 2.87. The zero-order valence-electron chi connectivity index (χ0n) is 8.83. The molecule has 0 saturated carbocycles. The Kier molecular flexibility index (Phi) is 3.68. The number of carbonyl (C=O) groups is 1. The number of hydrogen-bond donors (Lipinski definition) is 1. The number of hydrogen-bond acceptors (Lipinski definition) is 3. The lowest BCUT2D eigenvalue weighted by atomic mass is 10.1. The fraction of sp³-hybridized carbons (Fsp3) is 0.600. The summed E-state index contributed by atoms with van der Waals surface area (Å²) in [5.74, 6) is 0.436. The molecule has 14 heavy (non-hydrogen) atoms. The third-order valence-electron chi connectivity index (χ3n) is 1.97. The first-order chi connectivity index (χ1) is 6.61. The van der Waals surface area contributed by atoms with E-state index in [-0.39, 0.29) is 5.91 Å². The Morgan fingerprint density at radius 3 is 2.86 bits per heavy atom. The van der Waals surface area contributed by atoms with Crippen molar-refractivity contribution in [2.75, 3.05) is 6.54 Å². The van der Waals surface area contributed by atoms with Crippen molar-refractivity contribution in [3.05, 3.63) is 17.5 Å². The van der Waals surface area contributed by atoms with Crippen LogP contribution in [0.4, 0.5) is 0 Å². The Labute approximate surface area is 83.7 Å². The first kappa shape index (κ1) is 10.8. The molecular formula is C10H16N2O2. The van der Waals surface area contributed by atoms with Crippen LogP contribution in [0, 0.1) is 12.8 Å². The van der Waals surface area contributed by atoms with E-state index in [1.54, 1.807) is 6.92 Å². The van der Waals surface area contributed by atoms with Crippen molar-refractivity contribution in [2.45, 2.75) is 27.2 Å². The predicted octanol–water partition coefficient (Wildman–Crippen LogP) is 1.76. The third-order valence-corrected chi connectivity index (χ3v) is 1.97. The van der Waals surface area contributed by atoms with Crippen LogP contribution in [0.2, 0.25) is 0 Å². The van der Waals surface area contributed by atoms with Gasteiger partial charge in [-0.1, -0.05) is 19.0 Å². The highest BCUT2D eigenvalue weighted by Crippen LogP contribution is 2.04. The smallest absolute Gasteiger partial charge is 0.273 e. The first-order valence-corrected chi connectivity index (χ1v) is 4.80. The minimum atomic E-state index is -0.156. The standard InChI is InChI=1S/C10H16N2O2/c1-7(2)4-5-11-10(13)9-8(3)6-14-12-9/h6-7H,4-5H2,1-3H3,(H,11,13). The van der Waals surface area contributed by atoms with E-state index < -0.39 is 0 Å². The SMILES string of the molecule is Cc1conc1C(=O)NCCC(C)C. The van der Waals surface area contributed by atoms with E-state index in [2.05, 4.69) is 28.8 Å². The summed E-state index contributed by atoms with van der Waals surface area (Å²) >= 11 is 0. The van der Waals surface area contributed by atoms with Crippen molar-refractivity contribution < 1.29 is 9.32 Å². The lowest BCUT2D eigenvalue weighted by Crippen LogP contribution is -2.26. The molecule has 78 valence electrons. The molecule has 0 unspecified atom stereocenters. The summed E-state index contributed by atoms with van der Waals surface area (Å²) < 4.78 is 4.68. The number of nitrogens with zero attached hydrogens (tertiary/aromatic N) is 1. The minimum absolute atomic E-state index is 0.156. The van der Waals surface area contributed by atoms with Crippen molar-refractivity contribution in [3.63, 3.8) is 0 Å². The van der Waals surface area contributed by atoms with Gasteiger partial charge in [-0.15, -0.1) is 0 Å². The lowest BCUT2D eigenvalue weighted by Gasteiger charge is -2.05. The molecule has 0 atom stereocenters. The number of aromatic nitrogens is 1. The van der Waals surface area contributed by atoms with E-state index in [0.717, 1.165) is 12.0 Å². The highest BCUT2D eigenvalue weighted by Gasteiger charge is 2.12. The molecule has 1 aromatic heterocycles. The monoisotopic (exact) mass is 196 g/mol. The van der Waals surface area contributed by atoms with Crippen LogP contribution in [0.3, 0.4) is 0 Å². The minimum Gasteiger partial charge on any atom is -0.364 e. The van der Waals surface area contributed by atoms with Crippen molar-refractivity contribution in [1.82, 2.24) is 10.5 Å². The molecule has 0 fully saturated rings. The van der Waals surface area contributed by atoms with E-state index >= 15 is 0 Å². The van der Waals surface area contributed by atoms with Crippen molar-refractivity contribution in [3.8, 4) is 0 Å². The second kappa shape index (κ2) is 4.79. The van der Waals surface area contributed by atoms with Gasteiger partial charge in [-0.3, -0.25) is 4.79 Å². The fourth-order valence-electron chi connectivity index (χ4n) is 1.06. The molecule has 4 heteroatoms. The van der Waals surface area contributed by atoms with E-state index in [1.165, 1.54) is 6.26 Å². The summed E-state index contributed by atoms with van der Waals surface area (Å²) in [5.41, 5.74) is 1.15. The molecule has 1 heterocycles. The summed E-state index contributed by atoms with van der Waals surface area (Å²) in [6, 6.07) is 0. The van der Waals surface area contributed by atoms with Gasteiger partial charge >= 0.3 is 0 Å². The number of amides is 1. The maximum Gasteiger partial charge on any atom is 0.273 e. The van der Waals surface area contributed by atoms with Gasteiger partial charge in [0.2, 0.25) is 0 Å². The maximum absolute atomic E-state index is 11.5. The lowest BCUT2D eigenvalue weighted by molar-refractivity contribution is 0.0942. The maximum atomic E-state index is 11.5. The summed E-state index contributed by atoms with van der Waals surface area (Å²) in [6.07, 6.45) is 2.44. The Morgan fingerprint density at radius 2 is 2.36 bits per heavy atom. The summed E-state index contributed by atoms with van der Waals surface area (Å²) in [7, 11) is 0. The Morgan fingerprint density at radius 1 is 1.64 bits per heavy atom. The second-order valence-electron chi connectivity index (χ2n) is 3.78. The molecule has 0 aliphatic rings. The van der Waals surface area contributed by atoms with Gasteiger partial charge in [0, 0.05) is 12.1 Å². The van der Waals surface area contributed by atoms with Crippen LogP contribution in [0.15, 0.2) is 10.8 Å². The largest absolute Gasteiger partial charge is 0.364 e. The highest BCUT2D eigenvalue weighted by molar-refractivity contribution is 5.93. The molecule has 0 saturated heterocycles. The van der Waals surface area contributed by atoms with Crippen molar-refractivity contribution in [1.29, 1.82) is 0 Å². The normalized spacial score (nSPS) is 10.6. The van der Waals surface area contributed by atoms with Crippen LogP contribution in [0.1, 0.15) is 36.3 Å². The molecule has 0 aromatic carbocycles. The topological polar surface area (TPSA) is 55.1 Å². The number of rotatable bonds is 4. The average molecular weight is 196 g/mol. The zero-order chi connectivity index (χ0) is 10.6. The van der Waals surface area contributed by atoms with Gasteiger partial charge in [0.15, 0.2) is 5.69 Å². The predicted molar refractivity (Wildman–Crippen MR) is 53.0 cm³/mol. The molecule has 0 aliphatic carbocycles. The van der Waals surface area contributed by atoms with E-state index in [1.807, 2.05) is 0 Å². The Hall–Kier alpha value is -1.32. The quantitative estimate of drug-likeness (QED) is 0.798. The van der Waals surface area contributed by atoms with Gasteiger partial charge in [0.25, 0.3) is 5.91 Å². The van der Waals surface area contributed by atoms with Gasteiger partial charge in [-0.25, -0.2) is 0 Å².